The summed E-state index contributed by atoms with van der Waals surface area (Å²) >= 11 is 0. The van der Waals surface area contributed by atoms with Gasteiger partial charge in [0.2, 0.25) is 5.95 Å². The van der Waals surface area contributed by atoms with Crippen LogP contribution in [-0.2, 0) is 0 Å². The number of nitrogens with one attached hydrogen (secondary N) is 2. The van der Waals surface area contributed by atoms with E-state index in [0.29, 0.717) is 18.3 Å². The van der Waals surface area contributed by atoms with Gasteiger partial charge in [-0.25, -0.2) is 4.98 Å². The zero-order valence-corrected chi connectivity index (χ0v) is 17.8. The highest BCUT2D eigenvalue weighted by Gasteiger charge is 2.24. The third kappa shape index (κ3) is 4.36. The number of hydrogen-bond donors (Lipinski definition) is 3. The molecule has 0 saturated carbocycles. The summed E-state index contributed by atoms with van der Waals surface area (Å²) in [5, 5.41) is 16.3. The maximum Gasteiger partial charge on any atom is 0.228 e. The number of aliphatic hydroxyl groups excluding tert-OH is 1. The summed E-state index contributed by atoms with van der Waals surface area (Å²) in [6.07, 6.45) is 8.79. The predicted molar refractivity (Wildman–Crippen MR) is 118 cm³/mol. The molecule has 1 atom stereocenters. The molecular weight excluding hydrogens is 380 g/mol. The van der Waals surface area contributed by atoms with Crippen LogP contribution < -0.4 is 10.6 Å². The van der Waals surface area contributed by atoms with Crippen molar-refractivity contribution in [2.45, 2.75) is 52.2 Å². The lowest BCUT2D eigenvalue weighted by Gasteiger charge is -2.35. The Bertz CT molecular complexity index is 1000. The first-order chi connectivity index (χ1) is 14.5. The van der Waals surface area contributed by atoms with Gasteiger partial charge in [0.15, 0.2) is 17.0 Å². The van der Waals surface area contributed by atoms with Crippen LogP contribution in [0.2, 0.25) is 0 Å². The number of piperidine rings is 1. The number of rotatable bonds is 7. The number of anilines is 3. The third-order valence-electron chi connectivity index (χ3n) is 5.41. The van der Waals surface area contributed by atoms with Crippen LogP contribution in [0.3, 0.4) is 0 Å². The van der Waals surface area contributed by atoms with Crippen LogP contribution in [0.5, 0.6) is 0 Å². The first-order valence-electron chi connectivity index (χ1n) is 10.6. The Hall–Kier alpha value is -2.78. The fourth-order valence-corrected chi connectivity index (χ4v) is 3.91. The van der Waals surface area contributed by atoms with Crippen LogP contribution in [0.4, 0.5) is 17.5 Å². The van der Waals surface area contributed by atoms with E-state index >= 15 is 0 Å². The zero-order valence-electron chi connectivity index (χ0n) is 17.8. The van der Waals surface area contributed by atoms with Crippen LogP contribution in [0.25, 0.3) is 11.2 Å². The molecule has 0 radical (unpaired) electrons. The molecule has 0 unspecified atom stereocenters. The molecule has 3 aromatic rings. The second-order valence-corrected chi connectivity index (χ2v) is 8.11. The molecule has 4 heterocycles. The van der Waals surface area contributed by atoms with Crippen molar-refractivity contribution in [2.75, 3.05) is 30.3 Å². The third-order valence-corrected chi connectivity index (χ3v) is 5.41. The van der Waals surface area contributed by atoms with Crippen molar-refractivity contribution in [1.82, 2.24) is 29.4 Å². The average Bonchev–Trinajstić information content (AvgIpc) is 3.14. The van der Waals surface area contributed by atoms with Crippen LogP contribution in [-0.4, -0.2) is 60.4 Å². The molecule has 0 spiro atoms. The predicted octanol–water partition coefficient (Wildman–Crippen LogP) is 3.07. The molecule has 1 fully saturated rings. The minimum absolute atomic E-state index is 0.104. The Labute approximate surface area is 176 Å². The number of fused-ring (bicyclic) bond motifs is 1. The summed E-state index contributed by atoms with van der Waals surface area (Å²) in [5.41, 5.74) is 3.44. The summed E-state index contributed by atoms with van der Waals surface area (Å²) in [6.45, 7) is 7.98. The van der Waals surface area contributed by atoms with Gasteiger partial charge in [-0.3, -0.25) is 9.88 Å². The molecule has 160 valence electrons. The van der Waals surface area contributed by atoms with Gasteiger partial charge >= 0.3 is 0 Å². The van der Waals surface area contributed by atoms with Gasteiger partial charge in [0.1, 0.15) is 0 Å². The van der Waals surface area contributed by atoms with Crippen molar-refractivity contribution >= 4 is 28.6 Å². The maximum absolute atomic E-state index is 9.42. The van der Waals surface area contributed by atoms with Crippen molar-refractivity contribution in [3.8, 4) is 0 Å². The van der Waals surface area contributed by atoms with Crippen molar-refractivity contribution in [3.63, 3.8) is 0 Å². The fourth-order valence-electron chi connectivity index (χ4n) is 3.91. The number of imidazole rings is 1. The lowest BCUT2D eigenvalue weighted by Crippen LogP contribution is -2.46. The highest BCUT2D eigenvalue weighted by Crippen LogP contribution is 2.27. The van der Waals surface area contributed by atoms with Gasteiger partial charge in [-0.05, 0) is 51.7 Å². The smallest absolute Gasteiger partial charge is 0.228 e. The van der Waals surface area contributed by atoms with Crippen LogP contribution in [0.15, 0.2) is 24.8 Å². The number of hydrogen-bond acceptors (Lipinski definition) is 8. The number of aliphatic hydroxyl groups is 1. The van der Waals surface area contributed by atoms with Gasteiger partial charge in [-0.2, -0.15) is 9.97 Å². The van der Waals surface area contributed by atoms with E-state index in [1.165, 1.54) is 0 Å². The number of pyridine rings is 1. The first kappa shape index (κ1) is 20.5. The first-order valence-corrected chi connectivity index (χ1v) is 10.6. The van der Waals surface area contributed by atoms with Crippen molar-refractivity contribution in [2.24, 2.45) is 0 Å². The van der Waals surface area contributed by atoms with Crippen molar-refractivity contribution < 1.29 is 5.11 Å². The van der Waals surface area contributed by atoms with E-state index in [0.717, 1.165) is 48.2 Å². The highest BCUT2D eigenvalue weighted by atomic mass is 16.3. The van der Waals surface area contributed by atoms with Crippen LogP contribution in [0.1, 0.15) is 44.7 Å². The monoisotopic (exact) mass is 410 g/mol. The normalized spacial score (nSPS) is 17.6. The zero-order chi connectivity index (χ0) is 21.1. The molecular formula is C21H30N8O. The molecule has 0 bridgehead atoms. The average molecular weight is 411 g/mol. The van der Waals surface area contributed by atoms with Gasteiger partial charge in [0.05, 0.1) is 31.0 Å². The Morgan fingerprint density at radius 1 is 1.23 bits per heavy atom. The molecule has 0 aromatic carbocycles. The van der Waals surface area contributed by atoms with Gasteiger partial charge in [0.25, 0.3) is 0 Å². The second-order valence-electron chi connectivity index (χ2n) is 8.11. The summed E-state index contributed by atoms with van der Waals surface area (Å²) < 4.78 is 2.05. The molecule has 1 aliphatic rings. The molecule has 3 N–H and O–H groups in total. The van der Waals surface area contributed by atoms with E-state index in [-0.39, 0.29) is 18.8 Å². The van der Waals surface area contributed by atoms with Gasteiger partial charge in [-0.1, -0.05) is 0 Å². The van der Waals surface area contributed by atoms with Crippen LogP contribution >= 0.6 is 0 Å². The number of likely N-dealkylation sites (tertiary alicyclic amines) is 1. The second kappa shape index (κ2) is 8.93. The molecule has 30 heavy (non-hydrogen) atoms. The lowest BCUT2D eigenvalue weighted by atomic mass is 10.1. The molecule has 3 aromatic heterocycles. The number of aromatic nitrogens is 5. The number of aryl methyl sites for hydroxylation is 1. The van der Waals surface area contributed by atoms with Crippen molar-refractivity contribution in [3.05, 3.63) is 30.4 Å². The lowest BCUT2D eigenvalue weighted by molar-refractivity contribution is 0.130. The molecule has 1 saturated heterocycles. The van der Waals surface area contributed by atoms with Gasteiger partial charge in [0, 0.05) is 25.3 Å². The minimum atomic E-state index is 0.104. The van der Waals surface area contributed by atoms with Gasteiger partial charge < -0.3 is 20.3 Å². The van der Waals surface area contributed by atoms with E-state index < -0.39 is 0 Å². The highest BCUT2D eigenvalue weighted by molar-refractivity contribution is 5.86. The molecule has 9 heteroatoms. The van der Waals surface area contributed by atoms with Crippen molar-refractivity contribution in [1.29, 1.82) is 0 Å². The Morgan fingerprint density at radius 2 is 2.10 bits per heavy atom. The van der Waals surface area contributed by atoms with E-state index in [1.54, 1.807) is 6.20 Å². The maximum atomic E-state index is 9.42. The number of β-amino-alcohol motifs (C(OH)–C–C–N with tert-alkyl or cyclic N) is 1. The Kier molecular flexibility index (Phi) is 6.10. The summed E-state index contributed by atoms with van der Waals surface area (Å²) in [5.74, 6) is 1.21. The molecule has 4 rings (SSSR count). The van der Waals surface area contributed by atoms with Gasteiger partial charge in [-0.15, -0.1) is 0 Å². The van der Waals surface area contributed by atoms with E-state index in [9.17, 15) is 5.11 Å². The Balaban J connectivity index is 1.71. The van der Waals surface area contributed by atoms with E-state index in [2.05, 4.69) is 39.3 Å². The largest absolute Gasteiger partial charge is 0.395 e. The van der Waals surface area contributed by atoms with E-state index in [1.807, 2.05) is 30.1 Å². The summed E-state index contributed by atoms with van der Waals surface area (Å²) in [7, 11) is 0. The molecule has 0 aliphatic carbocycles. The molecule has 1 aliphatic heterocycles. The molecule has 0 amide bonds. The SMILES string of the molecule is Cc1cncc(Nc2nc(N[C@H]3CCCCN3CCO)nc3c2ncn3C(C)C)c1. The van der Waals surface area contributed by atoms with Crippen LogP contribution in [0, 0.1) is 6.92 Å². The minimum Gasteiger partial charge on any atom is -0.395 e. The Morgan fingerprint density at radius 3 is 2.87 bits per heavy atom. The summed E-state index contributed by atoms with van der Waals surface area (Å²) in [6, 6.07) is 2.25. The topological polar surface area (TPSA) is 104 Å². The quantitative estimate of drug-likeness (QED) is 0.546. The van der Waals surface area contributed by atoms with E-state index in [4.69, 9.17) is 9.97 Å². The fraction of sp³-hybridized carbons (Fsp3) is 0.524. The summed E-state index contributed by atoms with van der Waals surface area (Å²) in [4.78, 5) is 20.7. The number of nitrogens with zero attached hydrogens (tertiary/aromatic N) is 6. The standard InChI is InChI=1S/C21H30N8O/c1-14(2)29-13-23-18-19(24-16-10-15(3)11-22-12-16)26-21(27-20(18)29)25-17-6-4-5-7-28(17)8-9-30/h10-14,17,30H,4-9H2,1-3H3,(H2,24,25,26,27)/t17-/m1/s1. The molecule has 9 nitrogen and oxygen atoms in total.